The Kier molecular flexibility index (Phi) is 4.60. The van der Waals surface area contributed by atoms with E-state index < -0.39 is 0 Å². The van der Waals surface area contributed by atoms with Crippen molar-refractivity contribution in [3.8, 4) is 0 Å². The summed E-state index contributed by atoms with van der Waals surface area (Å²) in [5, 5.41) is 3.44. The van der Waals surface area contributed by atoms with Gasteiger partial charge in [-0.15, -0.1) is 0 Å². The van der Waals surface area contributed by atoms with Crippen LogP contribution in [0.3, 0.4) is 0 Å². The van der Waals surface area contributed by atoms with E-state index in [1.165, 1.54) is 0 Å². The fraction of sp³-hybridized carbons (Fsp3) is 0.733. The van der Waals surface area contributed by atoms with Crippen molar-refractivity contribution in [2.45, 2.75) is 45.3 Å². The molecule has 2 atom stereocenters. The molecule has 1 fully saturated rings. The number of ether oxygens (including phenoxy) is 1. The summed E-state index contributed by atoms with van der Waals surface area (Å²) < 4.78 is 5.83. The van der Waals surface area contributed by atoms with Crippen LogP contribution in [-0.4, -0.2) is 53.8 Å². The maximum Gasteiger partial charge on any atom is 0.135 e. The fourth-order valence-corrected chi connectivity index (χ4v) is 2.24. The fourth-order valence-electron chi connectivity index (χ4n) is 2.24. The quantitative estimate of drug-likeness (QED) is 0.915. The number of hydrogen-bond acceptors (Lipinski definition) is 5. The third-order valence-corrected chi connectivity index (χ3v) is 3.56. The topological polar surface area (TPSA) is 50.3 Å². The van der Waals surface area contributed by atoms with Crippen LogP contribution in [0.25, 0.3) is 0 Å². The summed E-state index contributed by atoms with van der Waals surface area (Å²) in [6, 6.07) is 2.14. The third-order valence-electron chi connectivity index (χ3n) is 3.56. The maximum atomic E-state index is 5.83. The molecule has 0 aliphatic carbocycles. The van der Waals surface area contributed by atoms with Crippen LogP contribution in [0.15, 0.2) is 12.3 Å². The lowest BCUT2D eigenvalue weighted by Crippen LogP contribution is -2.47. The van der Waals surface area contributed by atoms with Gasteiger partial charge < -0.3 is 15.0 Å². The van der Waals surface area contributed by atoms with Crippen molar-refractivity contribution in [3.63, 3.8) is 0 Å². The van der Waals surface area contributed by atoms with Crippen molar-refractivity contribution >= 4 is 5.82 Å². The standard InChI is InChI=1S/C15H26N4O/c1-11(12-10-19(5)8-9-20-12)17-13-6-7-16-14(18-13)15(2,3)4/h6-7,11-12H,8-10H2,1-5H3,(H,16,17,18). The smallest absolute Gasteiger partial charge is 0.135 e. The van der Waals surface area contributed by atoms with Crippen LogP contribution in [0.5, 0.6) is 0 Å². The van der Waals surface area contributed by atoms with Gasteiger partial charge in [0.05, 0.1) is 18.8 Å². The van der Waals surface area contributed by atoms with Gasteiger partial charge in [0, 0.05) is 24.7 Å². The second-order valence-corrected chi connectivity index (χ2v) is 6.62. The Balaban J connectivity index is 2.02. The predicted molar refractivity (Wildman–Crippen MR) is 81.1 cm³/mol. The number of aromatic nitrogens is 2. The molecule has 5 nitrogen and oxygen atoms in total. The predicted octanol–water partition coefficient (Wildman–Crippen LogP) is 1.91. The van der Waals surface area contributed by atoms with Gasteiger partial charge in [0.25, 0.3) is 0 Å². The highest BCUT2D eigenvalue weighted by atomic mass is 16.5. The summed E-state index contributed by atoms with van der Waals surface area (Å²) in [7, 11) is 2.13. The first-order chi connectivity index (χ1) is 9.36. The van der Waals surface area contributed by atoms with Crippen LogP contribution >= 0.6 is 0 Å². The molecular weight excluding hydrogens is 252 g/mol. The molecule has 0 radical (unpaired) electrons. The van der Waals surface area contributed by atoms with Crippen molar-refractivity contribution in [2.75, 3.05) is 32.1 Å². The SMILES string of the molecule is CC(Nc1ccnc(C(C)(C)C)n1)C1CN(C)CCO1. The molecule has 0 spiro atoms. The van der Waals surface area contributed by atoms with Crippen LogP contribution in [0.1, 0.15) is 33.5 Å². The Morgan fingerprint density at radius 1 is 1.45 bits per heavy atom. The van der Waals surface area contributed by atoms with Crippen molar-refractivity contribution in [3.05, 3.63) is 18.1 Å². The summed E-state index contributed by atoms with van der Waals surface area (Å²) in [4.78, 5) is 11.3. The highest BCUT2D eigenvalue weighted by molar-refractivity contribution is 5.35. The van der Waals surface area contributed by atoms with Crippen LogP contribution in [0.2, 0.25) is 0 Å². The number of rotatable bonds is 3. The van der Waals surface area contributed by atoms with Crippen LogP contribution < -0.4 is 5.32 Å². The Labute approximate surface area is 121 Å². The molecule has 1 aromatic rings. The average Bonchev–Trinajstić information content (AvgIpc) is 2.38. The molecule has 2 heterocycles. The van der Waals surface area contributed by atoms with Crippen molar-refractivity contribution in [1.82, 2.24) is 14.9 Å². The molecule has 1 saturated heterocycles. The number of nitrogens with one attached hydrogen (secondary N) is 1. The summed E-state index contributed by atoms with van der Waals surface area (Å²) >= 11 is 0. The van der Waals surface area contributed by atoms with Gasteiger partial charge in [-0.1, -0.05) is 20.8 Å². The minimum Gasteiger partial charge on any atom is -0.373 e. The highest BCUT2D eigenvalue weighted by Crippen LogP contribution is 2.19. The zero-order chi connectivity index (χ0) is 14.8. The van der Waals surface area contributed by atoms with Gasteiger partial charge in [-0.05, 0) is 20.0 Å². The molecule has 5 heteroatoms. The molecule has 1 aliphatic heterocycles. The van der Waals surface area contributed by atoms with Crippen LogP contribution in [-0.2, 0) is 10.2 Å². The summed E-state index contributed by atoms with van der Waals surface area (Å²) in [5.41, 5.74) is -0.0392. The van der Waals surface area contributed by atoms with E-state index in [1.807, 2.05) is 12.3 Å². The Morgan fingerprint density at radius 3 is 2.85 bits per heavy atom. The van der Waals surface area contributed by atoms with Crippen LogP contribution in [0, 0.1) is 0 Å². The van der Waals surface area contributed by atoms with E-state index in [-0.39, 0.29) is 17.6 Å². The Hall–Kier alpha value is -1.20. The van der Waals surface area contributed by atoms with Gasteiger partial charge in [-0.25, -0.2) is 9.97 Å². The molecule has 0 aromatic carbocycles. The lowest BCUT2D eigenvalue weighted by Gasteiger charge is -2.34. The van der Waals surface area contributed by atoms with Crippen molar-refractivity contribution < 1.29 is 4.74 Å². The molecule has 1 aliphatic rings. The van der Waals surface area contributed by atoms with E-state index in [9.17, 15) is 0 Å². The van der Waals surface area contributed by atoms with Crippen molar-refractivity contribution in [2.24, 2.45) is 0 Å². The summed E-state index contributed by atoms with van der Waals surface area (Å²) in [5.74, 6) is 1.73. The normalized spacial score (nSPS) is 22.6. The largest absolute Gasteiger partial charge is 0.373 e. The lowest BCUT2D eigenvalue weighted by atomic mass is 9.96. The van der Waals surface area contributed by atoms with Gasteiger partial charge in [0.15, 0.2) is 0 Å². The number of anilines is 1. The van der Waals surface area contributed by atoms with E-state index in [1.54, 1.807) is 0 Å². The highest BCUT2D eigenvalue weighted by Gasteiger charge is 2.24. The molecule has 2 rings (SSSR count). The van der Waals surface area contributed by atoms with Gasteiger partial charge in [-0.2, -0.15) is 0 Å². The second kappa shape index (κ2) is 6.06. The molecule has 112 valence electrons. The number of morpholine rings is 1. The van der Waals surface area contributed by atoms with E-state index in [0.29, 0.717) is 0 Å². The zero-order valence-corrected chi connectivity index (χ0v) is 13.2. The monoisotopic (exact) mass is 278 g/mol. The number of hydrogen-bond donors (Lipinski definition) is 1. The van der Waals surface area contributed by atoms with Gasteiger partial charge >= 0.3 is 0 Å². The molecule has 0 bridgehead atoms. The van der Waals surface area contributed by atoms with E-state index in [2.05, 4.69) is 54.9 Å². The molecule has 0 saturated carbocycles. The Bertz CT molecular complexity index is 444. The Morgan fingerprint density at radius 2 is 2.20 bits per heavy atom. The maximum absolute atomic E-state index is 5.83. The average molecular weight is 278 g/mol. The summed E-state index contributed by atoms with van der Waals surface area (Å²) in [6.45, 7) is 11.3. The molecule has 1 N–H and O–H groups in total. The minimum absolute atomic E-state index is 0.0392. The third kappa shape index (κ3) is 3.90. The van der Waals surface area contributed by atoms with Crippen LogP contribution in [0.4, 0.5) is 5.82 Å². The first kappa shape index (κ1) is 15.2. The lowest BCUT2D eigenvalue weighted by molar-refractivity contribution is -0.0260. The molecule has 0 amide bonds. The molecule has 2 unspecified atom stereocenters. The van der Waals surface area contributed by atoms with E-state index in [4.69, 9.17) is 4.74 Å². The molecule has 1 aromatic heterocycles. The van der Waals surface area contributed by atoms with Gasteiger partial charge in [-0.3, -0.25) is 0 Å². The van der Waals surface area contributed by atoms with E-state index in [0.717, 1.165) is 31.3 Å². The van der Waals surface area contributed by atoms with Gasteiger partial charge in [0.1, 0.15) is 11.6 Å². The van der Waals surface area contributed by atoms with Crippen molar-refractivity contribution in [1.29, 1.82) is 0 Å². The van der Waals surface area contributed by atoms with E-state index >= 15 is 0 Å². The zero-order valence-electron chi connectivity index (χ0n) is 13.2. The molecule has 20 heavy (non-hydrogen) atoms. The minimum atomic E-state index is -0.0392. The first-order valence-corrected chi connectivity index (χ1v) is 7.26. The second-order valence-electron chi connectivity index (χ2n) is 6.62. The first-order valence-electron chi connectivity index (χ1n) is 7.26. The van der Waals surface area contributed by atoms with Gasteiger partial charge in [0.2, 0.25) is 0 Å². The number of nitrogens with zero attached hydrogens (tertiary/aromatic N) is 3. The molecular formula is C15H26N4O. The summed E-state index contributed by atoms with van der Waals surface area (Å²) in [6.07, 6.45) is 2.01. The number of likely N-dealkylation sites (N-methyl/N-ethyl adjacent to an activating group) is 1.